The molecule has 29 heavy (non-hydrogen) atoms. The minimum absolute atomic E-state index is 0.110. The summed E-state index contributed by atoms with van der Waals surface area (Å²) in [5, 5.41) is 1.83. The predicted molar refractivity (Wildman–Crippen MR) is 123 cm³/mol. The number of anilines is 1. The van der Waals surface area contributed by atoms with Crippen LogP contribution in [0.3, 0.4) is 0 Å². The van der Waals surface area contributed by atoms with Crippen LogP contribution in [-0.4, -0.2) is 29.1 Å². The van der Waals surface area contributed by atoms with E-state index in [1.165, 1.54) is 35.9 Å². The summed E-state index contributed by atoms with van der Waals surface area (Å²) in [5.41, 5.74) is 2.05. The lowest BCUT2D eigenvalue weighted by Crippen LogP contribution is -2.40. The molecule has 1 amide bonds. The average Bonchev–Trinajstić information content (AvgIpc) is 3.26. The number of nitrogens with zero attached hydrogens (tertiary/aromatic N) is 3. The standard InChI is InChI=1S/C23H23N3OS2/c1-25-18-14-8-9-15-19(18)28-22(25)20-21(27)26(17-12-6-3-7-13-17)23(29-20)24-16-10-4-2-5-11-16/h2,4-5,8-11,14-15,17H,3,6-7,12-13H2,1H3/b22-20-,24-23?. The maximum Gasteiger partial charge on any atom is 0.269 e. The molecule has 1 saturated heterocycles. The lowest BCUT2D eigenvalue weighted by atomic mass is 9.94. The molecular weight excluding hydrogens is 398 g/mol. The van der Waals surface area contributed by atoms with E-state index in [-0.39, 0.29) is 11.9 Å². The van der Waals surface area contributed by atoms with E-state index in [4.69, 9.17) is 4.99 Å². The van der Waals surface area contributed by atoms with Crippen LogP contribution >= 0.6 is 23.5 Å². The van der Waals surface area contributed by atoms with Crippen molar-refractivity contribution in [3.8, 4) is 0 Å². The summed E-state index contributed by atoms with van der Waals surface area (Å²) < 4.78 is 0. The van der Waals surface area contributed by atoms with Gasteiger partial charge in [-0.15, -0.1) is 0 Å². The van der Waals surface area contributed by atoms with Gasteiger partial charge in [-0.1, -0.05) is 61.4 Å². The average molecular weight is 422 g/mol. The zero-order valence-corrected chi connectivity index (χ0v) is 18.0. The van der Waals surface area contributed by atoms with Crippen molar-refractivity contribution in [2.45, 2.75) is 43.0 Å². The highest BCUT2D eigenvalue weighted by Crippen LogP contribution is 2.50. The first kappa shape index (κ1) is 18.8. The van der Waals surface area contributed by atoms with Gasteiger partial charge in [-0.25, -0.2) is 4.99 Å². The number of para-hydroxylation sites is 2. The largest absolute Gasteiger partial charge is 0.337 e. The van der Waals surface area contributed by atoms with E-state index in [9.17, 15) is 4.79 Å². The van der Waals surface area contributed by atoms with E-state index in [2.05, 4.69) is 17.0 Å². The fourth-order valence-electron chi connectivity index (χ4n) is 4.17. The van der Waals surface area contributed by atoms with Crippen LogP contribution in [0, 0.1) is 0 Å². The summed E-state index contributed by atoms with van der Waals surface area (Å²) in [6, 6.07) is 18.5. The SMILES string of the molecule is CN1/C(=C2/SC(=Nc3ccccc3)N(C3CCCCC3)C2=O)Sc2ccccc21. The number of carbonyl (C=O) groups excluding carboxylic acids is 1. The molecule has 2 aromatic rings. The minimum atomic E-state index is 0.110. The Balaban J connectivity index is 1.55. The van der Waals surface area contributed by atoms with Gasteiger partial charge in [0.25, 0.3) is 5.91 Å². The van der Waals surface area contributed by atoms with Crippen LogP contribution in [0.4, 0.5) is 11.4 Å². The third-order valence-corrected chi connectivity index (χ3v) is 8.07. The van der Waals surface area contributed by atoms with E-state index in [1.807, 2.05) is 54.4 Å². The summed E-state index contributed by atoms with van der Waals surface area (Å²) in [5.74, 6) is 0.110. The number of aliphatic imine (C=N–C) groups is 1. The van der Waals surface area contributed by atoms with E-state index in [0.29, 0.717) is 0 Å². The smallest absolute Gasteiger partial charge is 0.269 e. The highest BCUT2D eigenvalue weighted by molar-refractivity contribution is 8.19. The van der Waals surface area contributed by atoms with Gasteiger partial charge in [0.1, 0.15) is 4.91 Å². The second-order valence-electron chi connectivity index (χ2n) is 7.56. The number of thioether (sulfide) groups is 2. The Kier molecular flexibility index (Phi) is 5.14. The van der Waals surface area contributed by atoms with Crippen LogP contribution in [0.5, 0.6) is 0 Å². The Labute approximate surface area is 180 Å². The number of fused-ring (bicyclic) bond motifs is 1. The predicted octanol–water partition coefficient (Wildman–Crippen LogP) is 5.99. The quantitative estimate of drug-likeness (QED) is 0.558. The van der Waals surface area contributed by atoms with Crippen molar-refractivity contribution in [3.05, 3.63) is 64.5 Å². The molecule has 0 unspecified atom stereocenters. The van der Waals surface area contributed by atoms with Crippen molar-refractivity contribution in [2.75, 3.05) is 11.9 Å². The van der Waals surface area contributed by atoms with Crippen molar-refractivity contribution in [3.63, 3.8) is 0 Å². The molecule has 1 aliphatic carbocycles. The van der Waals surface area contributed by atoms with E-state index in [1.54, 1.807) is 11.8 Å². The molecule has 0 aromatic heterocycles. The van der Waals surface area contributed by atoms with Gasteiger partial charge in [-0.3, -0.25) is 9.69 Å². The van der Waals surface area contributed by atoms with Gasteiger partial charge in [-0.2, -0.15) is 0 Å². The summed E-state index contributed by atoms with van der Waals surface area (Å²) in [4.78, 5) is 24.6. The second kappa shape index (κ2) is 7.92. The minimum Gasteiger partial charge on any atom is -0.337 e. The van der Waals surface area contributed by atoms with Gasteiger partial charge in [0.2, 0.25) is 0 Å². The monoisotopic (exact) mass is 421 g/mol. The fraction of sp³-hybridized carbons (Fsp3) is 0.304. The van der Waals surface area contributed by atoms with Crippen LogP contribution < -0.4 is 4.90 Å². The number of rotatable bonds is 2. The zero-order valence-electron chi connectivity index (χ0n) is 16.4. The van der Waals surface area contributed by atoms with Crippen molar-refractivity contribution in [1.29, 1.82) is 0 Å². The molecule has 3 aliphatic rings. The topological polar surface area (TPSA) is 35.9 Å². The first-order chi connectivity index (χ1) is 14.2. The number of amides is 1. The Morgan fingerprint density at radius 2 is 1.66 bits per heavy atom. The van der Waals surface area contributed by atoms with Gasteiger partial charge >= 0.3 is 0 Å². The Hall–Kier alpha value is -2.18. The normalized spacial score (nSPS) is 23.9. The molecule has 2 fully saturated rings. The number of hydrogen-bond donors (Lipinski definition) is 0. The molecule has 2 heterocycles. The summed E-state index contributed by atoms with van der Waals surface area (Å²) in [6.07, 6.45) is 5.75. The van der Waals surface area contributed by atoms with Gasteiger partial charge in [0.05, 0.1) is 16.4 Å². The van der Waals surface area contributed by atoms with Crippen LogP contribution in [0.15, 0.2) is 74.4 Å². The molecule has 6 heteroatoms. The molecular formula is C23H23N3OS2. The molecule has 0 radical (unpaired) electrons. The van der Waals surface area contributed by atoms with Crippen LogP contribution in [0.25, 0.3) is 0 Å². The van der Waals surface area contributed by atoms with E-state index in [0.717, 1.165) is 39.3 Å². The highest BCUT2D eigenvalue weighted by atomic mass is 32.2. The first-order valence-electron chi connectivity index (χ1n) is 10.1. The lowest BCUT2D eigenvalue weighted by molar-refractivity contribution is -0.124. The molecule has 0 bridgehead atoms. The number of amidine groups is 1. The molecule has 0 atom stereocenters. The summed E-state index contributed by atoms with van der Waals surface area (Å²) >= 11 is 3.22. The van der Waals surface area contributed by atoms with Crippen molar-refractivity contribution in [2.24, 2.45) is 4.99 Å². The summed E-state index contributed by atoms with van der Waals surface area (Å²) in [6.45, 7) is 0. The van der Waals surface area contributed by atoms with Crippen molar-refractivity contribution >= 4 is 46.0 Å². The van der Waals surface area contributed by atoms with Gasteiger partial charge in [0, 0.05) is 18.0 Å². The Morgan fingerprint density at radius 1 is 0.931 bits per heavy atom. The molecule has 0 N–H and O–H groups in total. The fourth-order valence-corrected chi connectivity index (χ4v) is 6.57. The van der Waals surface area contributed by atoms with Crippen LogP contribution in [-0.2, 0) is 4.79 Å². The molecule has 4 nitrogen and oxygen atoms in total. The molecule has 0 spiro atoms. The second-order valence-corrected chi connectivity index (χ2v) is 9.57. The van der Waals surface area contributed by atoms with Gasteiger partial charge < -0.3 is 4.90 Å². The number of hydrogen-bond acceptors (Lipinski definition) is 5. The maximum atomic E-state index is 13.6. The van der Waals surface area contributed by atoms with Crippen LogP contribution in [0.1, 0.15) is 32.1 Å². The number of carbonyl (C=O) groups is 1. The van der Waals surface area contributed by atoms with Gasteiger partial charge in [-0.05, 0) is 48.9 Å². The van der Waals surface area contributed by atoms with E-state index < -0.39 is 0 Å². The maximum absolute atomic E-state index is 13.6. The first-order valence-corrected chi connectivity index (χ1v) is 11.8. The van der Waals surface area contributed by atoms with Crippen molar-refractivity contribution < 1.29 is 4.79 Å². The molecule has 2 aliphatic heterocycles. The molecule has 5 rings (SSSR count). The molecule has 2 aromatic carbocycles. The Morgan fingerprint density at radius 3 is 2.41 bits per heavy atom. The third kappa shape index (κ3) is 3.49. The molecule has 1 saturated carbocycles. The third-order valence-electron chi connectivity index (χ3n) is 5.67. The van der Waals surface area contributed by atoms with Gasteiger partial charge in [0.15, 0.2) is 5.17 Å². The summed E-state index contributed by atoms with van der Waals surface area (Å²) in [7, 11) is 2.05. The molecule has 148 valence electrons. The van der Waals surface area contributed by atoms with Crippen LogP contribution in [0.2, 0.25) is 0 Å². The van der Waals surface area contributed by atoms with Crippen molar-refractivity contribution in [1.82, 2.24) is 4.90 Å². The highest BCUT2D eigenvalue weighted by Gasteiger charge is 2.42. The zero-order chi connectivity index (χ0) is 19.8. The lowest BCUT2D eigenvalue weighted by Gasteiger charge is -2.30. The Bertz CT molecular complexity index is 996. The number of benzene rings is 2. The van der Waals surface area contributed by atoms with E-state index >= 15 is 0 Å².